The number of hydrogen-bond donors (Lipinski definition) is 1. The summed E-state index contributed by atoms with van der Waals surface area (Å²) in [4.78, 5) is 23.3. The molecule has 25 heavy (non-hydrogen) atoms. The number of carbonyl (C=O) groups excluding carboxylic acids is 1. The van der Waals surface area contributed by atoms with Gasteiger partial charge >= 0.3 is 12.4 Å². The third-order valence-electron chi connectivity index (χ3n) is 7.59. The minimum Gasteiger partial charge on any atom is -0.481 e. The largest absolute Gasteiger partial charge is 0.481 e. The van der Waals surface area contributed by atoms with E-state index in [-0.39, 0.29) is 17.8 Å². The fourth-order valence-electron chi connectivity index (χ4n) is 6.10. The molecule has 3 rings (SSSR count). The molecule has 0 bridgehead atoms. The van der Waals surface area contributed by atoms with Crippen molar-refractivity contribution in [1.29, 1.82) is 0 Å². The first-order valence-corrected chi connectivity index (χ1v) is 9.30. The molecule has 2 fully saturated rings. The zero-order valence-electron chi connectivity index (χ0n) is 14.9. The lowest BCUT2D eigenvalue weighted by Crippen LogP contribution is -2.56. The highest BCUT2D eigenvalue weighted by Gasteiger charge is 2.61. The van der Waals surface area contributed by atoms with E-state index >= 15 is 0 Å². The summed E-state index contributed by atoms with van der Waals surface area (Å²) >= 11 is 0. The first-order valence-electron chi connectivity index (χ1n) is 9.30. The lowest BCUT2D eigenvalue weighted by atomic mass is 9.44. The van der Waals surface area contributed by atoms with Crippen molar-refractivity contribution in [2.75, 3.05) is 0 Å². The first-order chi connectivity index (χ1) is 11.8. The van der Waals surface area contributed by atoms with Crippen molar-refractivity contribution >= 4 is 12.3 Å². The van der Waals surface area contributed by atoms with E-state index in [9.17, 15) is 23.5 Å². The molecule has 0 aliphatic heterocycles. The predicted octanol–water partition coefficient (Wildman–Crippen LogP) is 4.87. The van der Waals surface area contributed by atoms with E-state index in [0.29, 0.717) is 19.3 Å². The molecule has 0 amide bonds. The number of carbonyl (C=O) groups is 2. The molecule has 139 valence electrons. The van der Waals surface area contributed by atoms with Crippen LogP contribution in [0.2, 0.25) is 0 Å². The van der Waals surface area contributed by atoms with Gasteiger partial charge in [0.1, 0.15) is 6.29 Å². The Morgan fingerprint density at radius 2 is 2.08 bits per heavy atom. The molecule has 3 nitrogen and oxygen atoms in total. The second kappa shape index (κ2) is 6.48. The van der Waals surface area contributed by atoms with E-state index in [1.54, 1.807) is 6.92 Å². The van der Waals surface area contributed by atoms with Crippen LogP contribution in [-0.4, -0.2) is 17.4 Å². The number of aldehydes is 1. The molecule has 1 N–H and O–H groups in total. The maximum atomic E-state index is 13.9. The van der Waals surface area contributed by atoms with Crippen molar-refractivity contribution in [3.63, 3.8) is 0 Å². The van der Waals surface area contributed by atoms with Crippen LogP contribution in [0, 0.1) is 40.9 Å². The van der Waals surface area contributed by atoms with Crippen LogP contribution in [-0.2, 0) is 9.59 Å². The smallest absolute Gasteiger partial charge is 0.313 e. The Morgan fingerprint density at radius 1 is 1.36 bits per heavy atom. The van der Waals surface area contributed by atoms with Crippen LogP contribution in [0.4, 0.5) is 8.78 Å². The Kier molecular flexibility index (Phi) is 4.80. The third kappa shape index (κ3) is 2.74. The fraction of sp³-hybridized carbons (Fsp3) is 0.750. The number of allylic oxidation sites excluding steroid dienone is 2. The number of carboxylic acid groups (broad SMARTS) is 1. The summed E-state index contributed by atoms with van der Waals surface area (Å²) in [6, 6.07) is 0. The molecule has 0 spiro atoms. The molecule has 3 aliphatic carbocycles. The van der Waals surface area contributed by atoms with E-state index in [4.69, 9.17) is 0 Å². The van der Waals surface area contributed by atoms with Crippen LogP contribution in [0.3, 0.4) is 0 Å². The average Bonchev–Trinajstić information content (AvgIpc) is 2.56. The van der Waals surface area contributed by atoms with Crippen LogP contribution in [0.15, 0.2) is 11.6 Å². The second-order valence-corrected chi connectivity index (χ2v) is 8.59. The van der Waals surface area contributed by atoms with Gasteiger partial charge in [-0.3, -0.25) is 4.79 Å². The monoisotopic (exact) mass is 353 g/mol. The van der Waals surface area contributed by atoms with Gasteiger partial charge in [-0.25, -0.2) is 0 Å². The Labute approximate surface area is 147 Å². The number of halogens is 2. The molecule has 0 aromatic carbocycles. The second-order valence-electron chi connectivity index (χ2n) is 8.59. The lowest BCUT2D eigenvalue weighted by Gasteiger charge is -2.59. The summed E-state index contributed by atoms with van der Waals surface area (Å²) in [5, 5.41) is 9.78. The number of carboxylic acids is 1. The predicted molar refractivity (Wildman–Crippen MR) is 89.7 cm³/mol. The van der Waals surface area contributed by atoms with Crippen molar-refractivity contribution in [1.82, 2.24) is 0 Å². The van der Waals surface area contributed by atoms with Gasteiger partial charge < -0.3 is 9.90 Å². The summed E-state index contributed by atoms with van der Waals surface area (Å²) < 4.78 is 27.8. The Balaban J connectivity index is 2.09. The topological polar surface area (TPSA) is 54.4 Å². The summed E-state index contributed by atoms with van der Waals surface area (Å²) in [6.07, 6.45) is 5.65. The lowest BCUT2D eigenvalue weighted by molar-refractivity contribution is -0.166. The van der Waals surface area contributed by atoms with Gasteiger partial charge in [0.2, 0.25) is 0 Å². The molecule has 2 saturated carbocycles. The highest BCUT2D eigenvalue weighted by atomic mass is 19.3. The van der Waals surface area contributed by atoms with Crippen molar-refractivity contribution in [3.05, 3.63) is 18.1 Å². The van der Waals surface area contributed by atoms with Gasteiger partial charge in [0, 0.05) is 12.3 Å². The molecule has 6 atom stereocenters. The van der Waals surface area contributed by atoms with Gasteiger partial charge in [0.15, 0.2) is 0 Å². The van der Waals surface area contributed by atoms with Crippen LogP contribution in [0.25, 0.3) is 0 Å². The fourth-order valence-corrected chi connectivity index (χ4v) is 6.10. The zero-order chi connectivity index (χ0) is 18.4. The van der Waals surface area contributed by atoms with Gasteiger partial charge in [-0.1, -0.05) is 18.6 Å². The van der Waals surface area contributed by atoms with Gasteiger partial charge in [-0.2, -0.15) is 8.78 Å². The molecule has 0 saturated heterocycles. The van der Waals surface area contributed by atoms with E-state index in [1.807, 2.05) is 0 Å². The van der Waals surface area contributed by atoms with Crippen molar-refractivity contribution in [3.8, 4) is 0 Å². The summed E-state index contributed by atoms with van der Waals surface area (Å²) in [5.41, 5.74) is -0.112. The molecule has 0 heterocycles. The van der Waals surface area contributed by atoms with E-state index in [1.165, 1.54) is 0 Å². The van der Waals surface area contributed by atoms with Gasteiger partial charge in [-0.15, -0.1) is 0 Å². The molecular formula is C20H27F2O3. The van der Waals surface area contributed by atoms with E-state index in [2.05, 4.69) is 13.0 Å². The van der Waals surface area contributed by atoms with Crippen molar-refractivity contribution in [2.24, 2.45) is 34.5 Å². The molecule has 0 aromatic rings. The molecule has 5 heteroatoms. The molecule has 1 unspecified atom stereocenters. The molecule has 0 aromatic heterocycles. The normalized spacial score (nSPS) is 43.8. The van der Waals surface area contributed by atoms with Crippen LogP contribution in [0.5, 0.6) is 0 Å². The maximum Gasteiger partial charge on any atom is 0.313 e. The van der Waals surface area contributed by atoms with Gasteiger partial charge in [-0.05, 0) is 68.6 Å². The van der Waals surface area contributed by atoms with Gasteiger partial charge in [0.25, 0.3) is 0 Å². The van der Waals surface area contributed by atoms with Crippen LogP contribution < -0.4 is 0 Å². The molecular weight excluding hydrogens is 326 g/mol. The average molecular weight is 353 g/mol. The van der Waals surface area contributed by atoms with Gasteiger partial charge in [0.05, 0.1) is 5.41 Å². The molecule has 1 radical (unpaired) electrons. The third-order valence-corrected chi connectivity index (χ3v) is 7.59. The Morgan fingerprint density at radius 3 is 2.68 bits per heavy atom. The summed E-state index contributed by atoms with van der Waals surface area (Å²) in [6.45, 7) is 3.81. The quantitative estimate of drug-likeness (QED) is 0.579. The minimum atomic E-state index is -1.60. The number of rotatable bonds is 4. The number of aliphatic carboxylic acids is 1. The molecule has 3 aliphatic rings. The maximum absolute atomic E-state index is 13.9. The summed E-state index contributed by atoms with van der Waals surface area (Å²) in [5.74, 6) is -2.84. The standard InChI is InChI=1S/C20H27F2O3/c1-19-8-4-3-5-12(19)11-13(17(21)22)16-14(19)6-9-20(2,18(24)25)15(16)7-10-23/h5,10,13-16H,3-4,6-9,11H2,1-2H3,(H,24,25)/t13-,14+,15?,16-,19+,20+/m1/s1. The van der Waals surface area contributed by atoms with Crippen molar-refractivity contribution in [2.45, 2.75) is 58.8 Å². The SMILES string of the molecule is C[C@]12CCCC=C1C[C@@H]([C](F)F)[C@H]1C(CC=O)[C@@](C)(C(=O)O)CC[C@@H]12. The van der Waals surface area contributed by atoms with Crippen molar-refractivity contribution < 1.29 is 23.5 Å². The summed E-state index contributed by atoms with van der Waals surface area (Å²) in [7, 11) is 0. The van der Waals surface area contributed by atoms with Crippen LogP contribution >= 0.6 is 0 Å². The Bertz CT molecular complexity index is 587. The number of hydrogen-bond acceptors (Lipinski definition) is 2. The van der Waals surface area contributed by atoms with Crippen LogP contribution in [0.1, 0.15) is 58.8 Å². The number of fused-ring (bicyclic) bond motifs is 3. The highest BCUT2D eigenvalue weighted by molar-refractivity contribution is 5.75. The Hall–Kier alpha value is -1.26. The highest BCUT2D eigenvalue weighted by Crippen LogP contribution is 2.65. The van der Waals surface area contributed by atoms with E-state index in [0.717, 1.165) is 31.1 Å². The minimum absolute atomic E-state index is 0.0247. The first kappa shape index (κ1) is 18.5. The zero-order valence-corrected chi connectivity index (χ0v) is 14.9. The van der Waals surface area contributed by atoms with E-state index < -0.39 is 35.6 Å².